The van der Waals surface area contributed by atoms with Gasteiger partial charge in [0.25, 0.3) is 0 Å². The molecule has 2 aliphatic heterocycles. The molecule has 5 heteroatoms. The van der Waals surface area contributed by atoms with Crippen LogP contribution < -0.4 is 0 Å². The maximum absolute atomic E-state index is 12.6. The van der Waals surface area contributed by atoms with Gasteiger partial charge in [0.05, 0.1) is 5.92 Å². The minimum absolute atomic E-state index is 0.120. The molecule has 1 unspecified atom stereocenters. The Balaban J connectivity index is 1.51. The van der Waals surface area contributed by atoms with Crippen molar-refractivity contribution in [3.63, 3.8) is 0 Å². The van der Waals surface area contributed by atoms with E-state index < -0.39 is 0 Å². The van der Waals surface area contributed by atoms with Gasteiger partial charge in [-0.3, -0.25) is 9.59 Å². The van der Waals surface area contributed by atoms with Crippen LogP contribution in [0.1, 0.15) is 17.5 Å². The Morgan fingerprint density at radius 3 is 2.46 bits per heavy atom. The van der Waals surface area contributed by atoms with Gasteiger partial charge in [0, 0.05) is 45.7 Å². The van der Waals surface area contributed by atoms with Crippen LogP contribution in [0.5, 0.6) is 0 Å². The van der Waals surface area contributed by atoms with Crippen LogP contribution >= 0.6 is 0 Å². The van der Waals surface area contributed by atoms with E-state index in [0.717, 1.165) is 32.6 Å². The lowest BCUT2D eigenvalue weighted by Gasteiger charge is -2.33. The number of likely N-dealkylation sites (N-methyl/N-ethyl adjacent to an activating group) is 1. The van der Waals surface area contributed by atoms with Crippen LogP contribution in [-0.4, -0.2) is 72.8 Å². The maximum Gasteiger partial charge on any atom is 0.228 e. The highest BCUT2D eigenvalue weighted by molar-refractivity contribution is 5.89. The number of amides is 2. The highest BCUT2D eigenvalue weighted by Gasteiger charge is 2.36. The molecule has 1 atom stereocenters. The normalized spacial score (nSPS) is 22.2. The average molecular weight is 329 g/mol. The van der Waals surface area contributed by atoms with Crippen molar-refractivity contribution >= 4 is 11.8 Å². The van der Waals surface area contributed by atoms with Gasteiger partial charge in [-0.2, -0.15) is 0 Å². The minimum atomic E-state index is -0.154. The van der Waals surface area contributed by atoms with E-state index in [1.54, 1.807) is 0 Å². The first-order valence-electron chi connectivity index (χ1n) is 8.83. The van der Waals surface area contributed by atoms with E-state index in [1.807, 2.05) is 9.80 Å². The molecule has 0 N–H and O–H groups in total. The van der Waals surface area contributed by atoms with Crippen molar-refractivity contribution in [2.75, 3.05) is 46.3 Å². The van der Waals surface area contributed by atoms with Crippen molar-refractivity contribution in [3.8, 4) is 0 Å². The van der Waals surface area contributed by atoms with Crippen molar-refractivity contribution in [1.29, 1.82) is 0 Å². The summed E-state index contributed by atoms with van der Waals surface area (Å²) in [5, 5.41) is 0. The number of likely N-dealkylation sites (tertiary alicyclic amines) is 1. The Hall–Kier alpha value is -1.88. The average Bonchev–Trinajstić information content (AvgIpc) is 2.95. The maximum atomic E-state index is 12.6. The third-order valence-electron chi connectivity index (χ3n) is 5.17. The highest BCUT2D eigenvalue weighted by atomic mass is 16.2. The van der Waals surface area contributed by atoms with Gasteiger partial charge in [0.15, 0.2) is 0 Å². The minimum Gasteiger partial charge on any atom is -0.342 e. The number of nitrogens with zero attached hydrogens (tertiary/aromatic N) is 3. The predicted molar refractivity (Wildman–Crippen MR) is 93.6 cm³/mol. The first-order valence-corrected chi connectivity index (χ1v) is 8.83. The van der Waals surface area contributed by atoms with Gasteiger partial charge in [-0.05, 0) is 26.0 Å². The fourth-order valence-corrected chi connectivity index (χ4v) is 3.46. The van der Waals surface area contributed by atoms with E-state index >= 15 is 0 Å². The molecule has 0 radical (unpaired) electrons. The van der Waals surface area contributed by atoms with Crippen molar-refractivity contribution in [1.82, 2.24) is 14.7 Å². The molecule has 0 spiro atoms. The molecule has 24 heavy (non-hydrogen) atoms. The number of carbonyl (C=O) groups excluding carboxylic acids is 2. The predicted octanol–water partition coefficient (Wildman–Crippen LogP) is 1.16. The number of benzene rings is 1. The molecule has 0 saturated carbocycles. The van der Waals surface area contributed by atoms with Gasteiger partial charge in [0.1, 0.15) is 0 Å². The first kappa shape index (κ1) is 17.0. The molecule has 130 valence electrons. The molecular weight excluding hydrogens is 302 g/mol. The molecule has 0 bridgehead atoms. The Kier molecular flexibility index (Phi) is 5.19. The summed E-state index contributed by atoms with van der Waals surface area (Å²) in [4.78, 5) is 30.9. The SMILES string of the molecule is Cc1ccc(CCN2CC(C(=O)N3CCN(C)CC3)CC2=O)cc1. The van der Waals surface area contributed by atoms with Gasteiger partial charge in [-0.15, -0.1) is 0 Å². The first-order chi connectivity index (χ1) is 11.5. The molecule has 2 saturated heterocycles. The molecule has 0 aromatic heterocycles. The Morgan fingerprint density at radius 2 is 1.79 bits per heavy atom. The van der Waals surface area contributed by atoms with Gasteiger partial charge in [-0.1, -0.05) is 29.8 Å². The third-order valence-corrected chi connectivity index (χ3v) is 5.17. The monoisotopic (exact) mass is 329 g/mol. The molecule has 1 aromatic rings. The molecular formula is C19H27N3O2. The molecule has 2 aliphatic rings. The van der Waals surface area contributed by atoms with E-state index in [9.17, 15) is 9.59 Å². The smallest absolute Gasteiger partial charge is 0.228 e. The number of hydrogen-bond acceptors (Lipinski definition) is 3. The quantitative estimate of drug-likeness (QED) is 0.833. The van der Waals surface area contributed by atoms with Crippen LogP contribution in [0.4, 0.5) is 0 Å². The van der Waals surface area contributed by atoms with Gasteiger partial charge >= 0.3 is 0 Å². The summed E-state index contributed by atoms with van der Waals surface area (Å²) in [5.74, 6) is 0.128. The van der Waals surface area contributed by atoms with Crippen LogP contribution in [0.3, 0.4) is 0 Å². The fourth-order valence-electron chi connectivity index (χ4n) is 3.46. The second-order valence-electron chi connectivity index (χ2n) is 7.10. The molecule has 2 fully saturated rings. The number of rotatable bonds is 4. The summed E-state index contributed by atoms with van der Waals surface area (Å²) in [6.45, 7) is 6.76. The van der Waals surface area contributed by atoms with Crippen molar-refractivity contribution in [2.24, 2.45) is 5.92 Å². The van der Waals surface area contributed by atoms with Crippen LogP contribution in [0.25, 0.3) is 0 Å². The van der Waals surface area contributed by atoms with Crippen LogP contribution in [0, 0.1) is 12.8 Å². The van der Waals surface area contributed by atoms with Crippen LogP contribution in [0.2, 0.25) is 0 Å². The topological polar surface area (TPSA) is 43.9 Å². The highest BCUT2D eigenvalue weighted by Crippen LogP contribution is 2.21. The number of piperazine rings is 1. The Bertz CT molecular complexity index is 591. The molecule has 1 aromatic carbocycles. The fraction of sp³-hybridized carbons (Fsp3) is 0.579. The molecule has 2 amide bonds. The van der Waals surface area contributed by atoms with E-state index in [2.05, 4.69) is 43.1 Å². The van der Waals surface area contributed by atoms with Crippen molar-refractivity contribution < 1.29 is 9.59 Å². The summed E-state index contributed by atoms with van der Waals surface area (Å²) >= 11 is 0. The standard InChI is InChI=1S/C19H27N3O2/c1-15-3-5-16(6-4-15)7-8-22-14-17(13-18(22)23)19(24)21-11-9-20(2)10-12-21/h3-6,17H,7-14H2,1-2H3. The van der Waals surface area contributed by atoms with E-state index in [4.69, 9.17) is 0 Å². The van der Waals surface area contributed by atoms with Gasteiger partial charge in [0.2, 0.25) is 11.8 Å². The lowest BCUT2D eigenvalue weighted by molar-refractivity contribution is -0.137. The lowest BCUT2D eigenvalue weighted by atomic mass is 10.1. The largest absolute Gasteiger partial charge is 0.342 e. The second kappa shape index (κ2) is 7.34. The summed E-state index contributed by atoms with van der Waals surface area (Å²) in [6.07, 6.45) is 1.22. The van der Waals surface area contributed by atoms with Crippen molar-refractivity contribution in [3.05, 3.63) is 35.4 Å². The summed E-state index contributed by atoms with van der Waals surface area (Å²) in [7, 11) is 2.08. The second-order valence-corrected chi connectivity index (χ2v) is 7.10. The van der Waals surface area contributed by atoms with E-state index in [1.165, 1.54) is 11.1 Å². The van der Waals surface area contributed by atoms with Crippen molar-refractivity contribution in [2.45, 2.75) is 19.8 Å². The number of aryl methyl sites for hydroxylation is 1. The third kappa shape index (κ3) is 3.96. The summed E-state index contributed by atoms with van der Waals surface area (Å²) in [5.41, 5.74) is 2.48. The molecule has 3 rings (SSSR count). The molecule has 2 heterocycles. The summed E-state index contributed by atoms with van der Waals surface area (Å²) in [6, 6.07) is 8.42. The van der Waals surface area contributed by atoms with Gasteiger partial charge < -0.3 is 14.7 Å². The van der Waals surface area contributed by atoms with Gasteiger partial charge in [-0.25, -0.2) is 0 Å². The zero-order valence-corrected chi connectivity index (χ0v) is 14.7. The number of carbonyl (C=O) groups is 2. The Labute approximate surface area is 144 Å². The van der Waals surface area contributed by atoms with Crippen LogP contribution in [0.15, 0.2) is 24.3 Å². The summed E-state index contributed by atoms with van der Waals surface area (Å²) < 4.78 is 0. The number of hydrogen-bond donors (Lipinski definition) is 0. The van der Waals surface area contributed by atoms with E-state index in [-0.39, 0.29) is 17.7 Å². The zero-order valence-electron chi connectivity index (χ0n) is 14.7. The van der Waals surface area contributed by atoms with E-state index in [0.29, 0.717) is 19.5 Å². The lowest BCUT2D eigenvalue weighted by Crippen LogP contribution is -2.49. The molecule has 0 aliphatic carbocycles. The van der Waals surface area contributed by atoms with Crippen LogP contribution in [-0.2, 0) is 16.0 Å². The molecule has 5 nitrogen and oxygen atoms in total. The Morgan fingerprint density at radius 1 is 1.12 bits per heavy atom. The zero-order chi connectivity index (χ0) is 17.1.